The Labute approximate surface area is 447 Å². The maximum Gasteiger partial charge on any atom is 0.220 e. The van der Waals surface area contributed by atoms with Gasteiger partial charge in [0.15, 0.2) is 0 Å². The molecule has 0 aromatic heterocycles. The molecule has 422 valence electrons. The number of amides is 1. The molecule has 0 aromatic carbocycles. The molecule has 0 radical (unpaired) electrons. The Kier molecular flexibility index (Phi) is 62.2. The Morgan fingerprint density at radius 2 is 0.535 bits per heavy atom. The third-order valence-electron chi connectivity index (χ3n) is 15.7. The molecule has 1 amide bonds. The van der Waals surface area contributed by atoms with Gasteiger partial charge in [-0.2, -0.15) is 0 Å². The first kappa shape index (κ1) is 69.9. The van der Waals surface area contributed by atoms with Gasteiger partial charge in [-0.15, -0.1) is 0 Å². The predicted octanol–water partition coefficient (Wildman–Crippen LogP) is 22.2. The van der Waals surface area contributed by atoms with Gasteiger partial charge in [-0.05, 0) is 44.9 Å². The Morgan fingerprint density at radius 3 is 0.775 bits per heavy atom. The second kappa shape index (κ2) is 63.2. The fourth-order valence-electron chi connectivity index (χ4n) is 10.7. The first-order valence-corrected chi connectivity index (χ1v) is 33.1. The van der Waals surface area contributed by atoms with E-state index >= 15 is 0 Å². The summed E-state index contributed by atoms with van der Waals surface area (Å²) in [5.41, 5.74) is 0. The summed E-state index contributed by atoms with van der Waals surface area (Å²) in [6, 6.07) is -0.621. The van der Waals surface area contributed by atoms with Crippen LogP contribution in [0, 0.1) is 0 Å². The van der Waals surface area contributed by atoms with Crippen molar-refractivity contribution >= 4 is 5.91 Å². The van der Waals surface area contributed by atoms with E-state index in [1.807, 2.05) is 6.08 Å². The van der Waals surface area contributed by atoms with Crippen LogP contribution in [-0.2, 0) is 4.79 Å². The van der Waals surface area contributed by atoms with Crippen molar-refractivity contribution in [2.24, 2.45) is 0 Å². The van der Waals surface area contributed by atoms with E-state index in [4.69, 9.17) is 0 Å². The van der Waals surface area contributed by atoms with E-state index in [2.05, 4.69) is 31.3 Å². The monoisotopic (exact) mass is 998 g/mol. The van der Waals surface area contributed by atoms with Crippen LogP contribution >= 0.6 is 0 Å². The molecular formula is C67H131NO3. The molecule has 0 aliphatic carbocycles. The van der Waals surface area contributed by atoms with Crippen molar-refractivity contribution in [1.29, 1.82) is 0 Å². The molecule has 2 atom stereocenters. The molecule has 0 aromatic rings. The van der Waals surface area contributed by atoms with Crippen molar-refractivity contribution in [3.8, 4) is 0 Å². The fraction of sp³-hybridized carbons (Fsp3) is 0.925. The lowest BCUT2D eigenvalue weighted by molar-refractivity contribution is -0.123. The molecule has 0 spiro atoms. The summed E-state index contributed by atoms with van der Waals surface area (Å²) in [6.07, 6.45) is 85.4. The van der Waals surface area contributed by atoms with Crippen LogP contribution in [0.1, 0.15) is 380 Å². The van der Waals surface area contributed by atoms with Gasteiger partial charge >= 0.3 is 0 Å². The highest BCUT2D eigenvalue weighted by Gasteiger charge is 2.18. The van der Waals surface area contributed by atoms with Crippen molar-refractivity contribution in [1.82, 2.24) is 5.32 Å². The number of hydrogen-bond donors (Lipinski definition) is 3. The smallest absolute Gasteiger partial charge is 0.220 e. The lowest BCUT2D eigenvalue weighted by Gasteiger charge is -2.20. The first-order valence-electron chi connectivity index (χ1n) is 33.1. The van der Waals surface area contributed by atoms with E-state index in [-0.39, 0.29) is 12.5 Å². The number of carbonyl (C=O) groups is 1. The number of aliphatic hydroxyl groups excluding tert-OH is 2. The van der Waals surface area contributed by atoms with Gasteiger partial charge in [0.25, 0.3) is 0 Å². The Hall–Kier alpha value is -1.13. The van der Waals surface area contributed by atoms with E-state index < -0.39 is 12.1 Å². The summed E-state index contributed by atoms with van der Waals surface area (Å²) < 4.78 is 0. The van der Waals surface area contributed by atoms with E-state index in [1.54, 1.807) is 6.08 Å². The number of unbranched alkanes of at least 4 members (excludes halogenated alkanes) is 53. The highest BCUT2D eigenvalue weighted by Crippen LogP contribution is 2.19. The zero-order chi connectivity index (χ0) is 51.3. The van der Waals surface area contributed by atoms with Gasteiger partial charge in [-0.25, -0.2) is 0 Å². The zero-order valence-electron chi connectivity index (χ0n) is 48.8. The zero-order valence-corrected chi connectivity index (χ0v) is 48.8. The molecule has 0 bridgehead atoms. The number of nitrogens with one attached hydrogen (secondary N) is 1. The highest BCUT2D eigenvalue weighted by molar-refractivity contribution is 5.76. The minimum absolute atomic E-state index is 0.0550. The molecule has 71 heavy (non-hydrogen) atoms. The third-order valence-corrected chi connectivity index (χ3v) is 15.7. The Morgan fingerprint density at radius 1 is 0.324 bits per heavy atom. The molecule has 0 aliphatic rings. The van der Waals surface area contributed by atoms with Crippen LogP contribution in [0.5, 0.6) is 0 Å². The molecular weight excluding hydrogens is 867 g/mol. The maximum atomic E-state index is 12.5. The van der Waals surface area contributed by atoms with Crippen LogP contribution in [0.15, 0.2) is 24.3 Å². The largest absolute Gasteiger partial charge is 0.394 e. The minimum Gasteiger partial charge on any atom is -0.394 e. The van der Waals surface area contributed by atoms with Gasteiger partial charge in [0.2, 0.25) is 5.91 Å². The number of carbonyl (C=O) groups excluding carboxylic acids is 1. The maximum absolute atomic E-state index is 12.5. The number of rotatable bonds is 62. The van der Waals surface area contributed by atoms with Crippen LogP contribution < -0.4 is 5.32 Å². The average molecular weight is 999 g/mol. The molecule has 0 heterocycles. The van der Waals surface area contributed by atoms with Gasteiger partial charge in [-0.1, -0.05) is 353 Å². The van der Waals surface area contributed by atoms with E-state index in [9.17, 15) is 15.0 Å². The van der Waals surface area contributed by atoms with E-state index in [1.165, 1.54) is 334 Å². The van der Waals surface area contributed by atoms with Crippen molar-refractivity contribution in [2.45, 2.75) is 392 Å². The minimum atomic E-state index is -0.838. The molecule has 0 aliphatic heterocycles. The number of hydrogen-bond acceptors (Lipinski definition) is 3. The molecule has 4 nitrogen and oxygen atoms in total. The second-order valence-electron chi connectivity index (χ2n) is 22.9. The SMILES string of the molecule is CCCCCCCCCC/C=C\CCCCCCCCCCCCCCCCCCCCCCCC(=O)NC(CO)C(O)/C=C/CCCCCCCCCCCCCCCCCCCCCCCCCC. The van der Waals surface area contributed by atoms with Crippen molar-refractivity contribution < 1.29 is 15.0 Å². The second-order valence-corrected chi connectivity index (χ2v) is 22.9. The normalized spacial score (nSPS) is 12.8. The summed E-state index contributed by atoms with van der Waals surface area (Å²) >= 11 is 0. The van der Waals surface area contributed by atoms with Crippen LogP contribution in [0.25, 0.3) is 0 Å². The van der Waals surface area contributed by atoms with E-state index in [0.29, 0.717) is 6.42 Å². The van der Waals surface area contributed by atoms with Gasteiger partial charge in [0, 0.05) is 6.42 Å². The first-order chi connectivity index (χ1) is 35.2. The molecule has 0 fully saturated rings. The van der Waals surface area contributed by atoms with Crippen molar-refractivity contribution in [3.05, 3.63) is 24.3 Å². The third kappa shape index (κ3) is 59.6. The predicted molar refractivity (Wildman–Crippen MR) is 318 cm³/mol. The summed E-state index contributed by atoms with van der Waals surface area (Å²) in [4.78, 5) is 12.5. The summed E-state index contributed by atoms with van der Waals surface area (Å²) in [7, 11) is 0. The number of allylic oxidation sites excluding steroid dienone is 3. The quantitative estimate of drug-likeness (QED) is 0.0420. The lowest BCUT2D eigenvalue weighted by atomic mass is 10.0. The Bertz CT molecular complexity index is 1040. The molecule has 2 unspecified atom stereocenters. The summed E-state index contributed by atoms with van der Waals surface area (Å²) in [5, 5.41) is 23.3. The van der Waals surface area contributed by atoms with Crippen molar-refractivity contribution in [3.63, 3.8) is 0 Å². The lowest BCUT2D eigenvalue weighted by Crippen LogP contribution is -2.45. The standard InChI is InChI=1S/C67H131NO3/c1-3-5-7-9-11-13-15-17-19-21-23-25-27-29-31-32-33-34-35-36-37-39-41-43-45-47-49-51-53-55-57-59-61-63-67(71)68-65(64-69)66(70)62-60-58-56-54-52-50-48-46-44-42-40-38-30-28-26-24-22-20-18-16-14-12-10-8-6-4-2/h21,23,60,62,65-66,69-70H,3-20,22,24-59,61,63-64H2,1-2H3,(H,68,71)/b23-21-,62-60+. The van der Waals surface area contributed by atoms with E-state index in [0.717, 1.165) is 25.7 Å². The van der Waals surface area contributed by atoms with Gasteiger partial charge in [-0.3, -0.25) is 4.79 Å². The van der Waals surface area contributed by atoms with Gasteiger partial charge < -0.3 is 15.5 Å². The average Bonchev–Trinajstić information content (AvgIpc) is 3.37. The van der Waals surface area contributed by atoms with Gasteiger partial charge in [0.05, 0.1) is 18.8 Å². The van der Waals surface area contributed by atoms with Crippen molar-refractivity contribution in [2.75, 3.05) is 6.61 Å². The van der Waals surface area contributed by atoms with Crippen LogP contribution in [0.3, 0.4) is 0 Å². The highest BCUT2D eigenvalue weighted by atomic mass is 16.3. The van der Waals surface area contributed by atoms with Crippen LogP contribution in [-0.4, -0.2) is 34.9 Å². The molecule has 0 saturated heterocycles. The molecule has 0 rings (SSSR count). The van der Waals surface area contributed by atoms with Gasteiger partial charge in [0.1, 0.15) is 0 Å². The summed E-state index contributed by atoms with van der Waals surface area (Å²) in [5.74, 6) is -0.0550. The molecule has 3 N–H and O–H groups in total. The Balaban J connectivity index is 3.41. The molecule has 0 saturated carbocycles. The molecule has 4 heteroatoms. The summed E-state index contributed by atoms with van der Waals surface area (Å²) in [6.45, 7) is 4.36. The van der Waals surface area contributed by atoms with Crippen LogP contribution in [0.4, 0.5) is 0 Å². The fourth-order valence-corrected chi connectivity index (χ4v) is 10.7. The van der Waals surface area contributed by atoms with Crippen LogP contribution in [0.2, 0.25) is 0 Å². The number of aliphatic hydroxyl groups is 2. The topological polar surface area (TPSA) is 69.6 Å².